The number of nitrogens with one attached hydrogen (secondary N) is 2. The summed E-state index contributed by atoms with van der Waals surface area (Å²) in [5.41, 5.74) is 0.849. The number of carbonyl (C=O) groups excluding carboxylic acids is 1. The van der Waals surface area contributed by atoms with Gasteiger partial charge in [-0.05, 0) is 49.1 Å². The number of hydrogen-bond donors (Lipinski definition) is 3. The molecule has 0 atom stereocenters. The minimum Gasteiger partial charge on any atom is -0.475 e. The molecule has 0 saturated heterocycles. The number of carboxylic acid groups (broad SMARTS) is 1. The van der Waals surface area contributed by atoms with Crippen LogP contribution in [0.4, 0.5) is 0 Å². The average molecular weight is 392 g/mol. The molecule has 0 radical (unpaired) electrons. The molecule has 144 valence electrons. The van der Waals surface area contributed by atoms with E-state index in [2.05, 4.69) is 10.0 Å². The van der Waals surface area contributed by atoms with Gasteiger partial charge >= 0.3 is 5.97 Å². The van der Waals surface area contributed by atoms with Crippen molar-refractivity contribution in [1.82, 2.24) is 10.0 Å². The normalized spacial score (nSPS) is 14.1. The number of aryl methyl sites for hydroxylation is 1. The van der Waals surface area contributed by atoms with Crippen LogP contribution in [0.1, 0.15) is 41.1 Å². The molecule has 1 aliphatic rings. The zero-order valence-corrected chi connectivity index (χ0v) is 15.3. The third-order valence-corrected chi connectivity index (χ3v) is 5.64. The second-order valence-corrected chi connectivity index (χ2v) is 8.10. The lowest BCUT2D eigenvalue weighted by atomic mass is 10.1. The van der Waals surface area contributed by atoms with E-state index in [0.717, 1.165) is 18.4 Å². The molecule has 0 bridgehead atoms. The van der Waals surface area contributed by atoms with Crippen molar-refractivity contribution in [2.45, 2.75) is 43.2 Å². The van der Waals surface area contributed by atoms with Crippen LogP contribution < -0.4 is 10.0 Å². The molecule has 0 aliphatic heterocycles. The molecule has 1 amide bonds. The number of carboxylic acids is 1. The predicted octanol–water partition coefficient (Wildman–Crippen LogP) is 1.67. The highest BCUT2D eigenvalue weighted by molar-refractivity contribution is 7.89. The second kappa shape index (κ2) is 7.93. The smallest absolute Gasteiger partial charge is 0.371 e. The number of hydrogen-bond acceptors (Lipinski definition) is 5. The van der Waals surface area contributed by atoms with E-state index in [1.165, 1.54) is 24.3 Å². The standard InChI is InChI=1S/C18H20N2O6S/c21-17(19-11-14-6-9-16(26-14)18(22)23)10-3-12-1-7-15(8-2-12)27(24,25)20-13-4-5-13/h1-2,6-9,13,20H,3-5,10-11H2,(H,19,21)(H,22,23). The highest BCUT2D eigenvalue weighted by Gasteiger charge is 2.27. The van der Waals surface area contributed by atoms with Crippen LogP contribution in [0, 0.1) is 0 Å². The summed E-state index contributed by atoms with van der Waals surface area (Å²) in [5.74, 6) is -1.19. The largest absolute Gasteiger partial charge is 0.475 e. The molecule has 27 heavy (non-hydrogen) atoms. The number of aromatic carboxylic acids is 1. The van der Waals surface area contributed by atoms with Crippen molar-refractivity contribution in [3.63, 3.8) is 0 Å². The van der Waals surface area contributed by atoms with E-state index in [0.29, 0.717) is 12.2 Å². The van der Waals surface area contributed by atoms with Crippen molar-refractivity contribution in [1.29, 1.82) is 0 Å². The maximum absolute atomic E-state index is 12.1. The van der Waals surface area contributed by atoms with Crippen LogP contribution >= 0.6 is 0 Å². The summed E-state index contributed by atoms with van der Waals surface area (Å²) in [5, 5.41) is 11.4. The van der Waals surface area contributed by atoms with Crippen molar-refractivity contribution in [2.75, 3.05) is 0 Å². The van der Waals surface area contributed by atoms with Gasteiger partial charge in [-0.15, -0.1) is 0 Å². The van der Waals surface area contributed by atoms with Gasteiger partial charge in [0, 0.05) is 12.5 Å². The monoisotopic (exact) mass is 392 g/mol. The van der Waals surface area contributed by atoms with E-state index in [-0.39, 0.29) is 35.6 Å². The maximum Gasteiger partial charge on any atom is 0.371 e. The Balaban J connectivity index is 1.46. The summed E-state index contributed by atoms with van der Waals surface area (Å²) in [6.45, 7) is 0.107. The third-order valence-electron chi connectivity index (χ3n) is 4.11. The Bertz CT molecular complexity index is 929. The highest BCUT2D eigenvalue weighted by Crippen LogP contribution is 2.22. The van der Waals surface area contributed by atoms with Gasteiger partial charge in [0.2, 0.25) is 21.7 Å². The first-order chi connectivity index (χ1) is 12.8. The first kappa shape index (κ1) is 19.1. The molecule has 1 aromatic heterocycles. The van der Waals surface area contributed by atoms with Crippen molar-refractivity contribution < 1.29 is 27.5 Å². The molecular formula is C18H20N2O6S. The Labute approximate surface area is 156 Å². The Kier molecular flexibility index (Phi) is 5.62. The van der Waals surface area contributed by atoms with Gasteiger partial charge in [0.15, 0.2) is 0 Å². The van der Waals surface area contributed by atoms with E-state index < -0.39 is 16.0 Å². The Morgan fingerprint density at radius 3 is 2.41 bits per heavy atom. The van der Waals surface area contributed by atoms with Crippen LogP contribution in [0.2, 0.25) is 0 Å². The van der Waals surface area contributed by atoms with Gasteiger partial charge in [-0.1, -0.05) is 12.1 Å². The molecule has 1 aromatic carbocycles. The first-order valence-corrected chi connectivity index (χ1v) is 10.0. The van der Waals surface area contributed by atoms with Gasteiger partial charge < -0.3 is 14.8 Å². The minimum atomic E-state index is -3.47. The van der Waals surface area contributed by atoms with E-state index in [9.17, 15) is 18.0 Å². The quantitative estimate of drug-likeness (QED) is 0.596. The summed E-state index contributed by atoms with van der Waals surface area (Å²) in [6, 6.07) is 9.35. The van der Waals surface area contributed by atoms with Crippen LogP contribution in [-0.4, -0.2) is 31.4 Å². The zero-order valence-electron chi connectivity index (χ0n) is 14.5. The number of sulfonamides is 1. The van der Waals surface area contributed by atoms with Gasteiger partial charge in [0.25, 0.3) is 0 Å². The van der Waals surface area contributed by atoms with E-state index in [1.54, 1.807) is 12.1 Å². The Morgan fingerprint density at radius 1 is 1.11 bits per heavy atom. The molecule has 9 heteroatoms. The fraction of sp³-hybridized carbons (Fsp3) is 0.333. The van der Waals surface area contributed by atoms with Gasteiger partial charge in [-0.2, -0.15) is 0 Å². The summed E-state index contributed by atoms with van der Waals surface area (Å²) >= 11 is 0. The molecule has 2 aromatic rings. The highest BCUT2D eigenvalue weighted by atomic mass is 32.2. The van der Waals surface area contributed by atoms with Crippen molar-refractivity contribution in [3.8, 4) is 0 Å². The van der Waals surface area contributed by atoms with Crippen LogP contribution in [0.3, 0.4) is 0 Å². The van der Waals surface area contributed by atoms with Gasteiger partial charge in [-0.3, -0.25) is 4.79 Å². The molecule has 1 aliphatic carbocycles. The Morgan fingerprint density at radius 2 is 1.81 bits per heavy atom. The van der Waals surface area contributed by atoms with E-state index in [1.807, 2.05) is 0 Å². The molecule has 0 unspecified atom stereocenters. The summed E-state index contributed by atoms with van der Waals surface area (Å²) in [4.78, 5) is 22.9. The molecule has 0 spiro atoms. The fourth-order valence-corrected chi connectivity index (χ4v) is 3.75. The molecular weight excluding hydrogens is 372 g/mol. The van der Waals surface area contributed by atoms with Crippen molar-refractivity contribution in [3.05, 3.63) is 53.5 Å². The molecule has 1 fully saturated rings. The fourth-order valence-electron chi connectivity index (χ4n) is 2.44. The van der Waals surface area contributed by atoms with Gasteiger partial charge in [0.05, 0.1) is 11.4 Å². The summed E-state index contributed by atoms with van der Waals surface area (Å²) in [7, 11) is -3.47. The lowest BCUT2D eigenvalue weighted by Crippen LogP contribution is -2.25. The maximum atomic E-state index is 12.1. The SMILES string of the molecule is O=C(CCc1ccc(S(=O)(=O)NC2CC2)cc1)NCc1ccc(C(=O)O)o1. The molecule has 1 saturated carbocycles. The zero-order chi connectivity index (χ0) is 19.4. The summed E-state index contributed by atoms with van der Waals surface area (Å²) < 4.78 is 31.9. The topological polar surface area (TPSA) is 126 Å². The van der Waals surface area contributed by atoms with Crippen LogP contribution in [0.25, 0.3) is 0 Å². The lowest BCUT2D eigenvalue weighted by molar-refractivity contribution is -0.121. The van der Waals surface area contributed by atoms with Crippen molar-refractivity contribution in [2.24, 2.45) is 0 Å². The van der Waals surface area contributed by atoms with Crippen LogP contribution in [0.5, 0.6) is 0 Å². The number of carbonyl (C=O) groups is 2. The van der Waals surface area contributed by atoms with Gasteiger partial charge in [0.1, 0.15) is 5.76 Å². The molecule has 8 nitrogen and oxygen atoms in total. The number of rotatable bonds is 9. The molecule has 3 rings (SSSR count). The number of benzene rings is 1. The molecule has 3 N–H and O–H groups in total. The van der Waals surface area contributed by atoms with Crippen LogP contribution in [0.15, 0.2) is 45.7 Å². The lowest BCUT2D eigenvalue weighted by Gasteiger charge is -2.07. The second-order valence-electron chi connectivity index (χ2n) is 6.39. The van der Waals surface area contributed by atoms with E-state index >= 15 is 0 Å². The summed E-state index contributed by atoms with van der Waals surface area (Å²) in [6.07, 6.45) is 2.43. The minimum absolute atomic E-state index is 0.0547. The number of amides is 1. The number of furan rings is 1. The average Bonchev–Trinajstić information content (AvgIpc) is 3.30. The molecule has 1 heterocycles. The predicted molar refractivity (Wildman–Crippen MR) is 95.6 cm³/mol. The van der Waals surface area contributed by atoms with E-state index in [4.69, 9.17) is 9.52 Å². The third kappa shape index (κ3) is 5.41. The van der Waals surface area contributed by atoms with Crippen molar-refractivity contribution >= 4 is 21.9 Å². The Hall–Kier alpha value is -2.65. The van der Waals surface area contributed by atoms with Crippen LogP contribution in [-0.2, 0) is 27.8 Å². The first-order valence-electron chi connectivity index (χ1n) is 8.53. The van der Waals surface area contributed by atoms with Gasteiger partial charge in [-0.25, -0.2) is 17.9 Å².